The second-order valence-electron chi connectivity index (χ2n) is 0.671. The lowest BCUT2D eigenvalue weighted by Crippen LogP contribution is -1.83. The Kier molecular flexibility index (Phi) is 3.36. The maximum Gasteiger partial charge on any atom is 0.0626 e. The van der Waals surface area contributed by atoms with E-state index in [-0.39, 0.29) is 6.61 Å². The molecule has 0 aliphatic rings. The molecule has 30 valence electrons. The standard InChI is InChI=1S/C3H7NO/c1-4-2-3-5/h5H,1-3H2. The minimum atomic E-state index is 0.115. The van der Waals surface area contributed by atoms with Gasteiger partial charge in [0.1, 0.15) is 0 Å². The molecule has 0 aromatic rings. The summed E-state index contributed by atoms with van der Waals surface area (Å²) in [6.45, 7) is 3.71. The fourth-order valence-corrected chi connectivity index (χ4v) is 0.0707. The van der Waals surface area contributed by atoms with Crippen LogP contribution >= 0.6 is 0 Å². The SMILES string of the molecule is C=NCCO. The highest BCUT2D eigenvalue weighted by atomic mass is 16.3. The quantitative estimate of drug-likeness (QED) is 0.446. The minimum Gasteiger partial charge on any atom is -0.394 e. The zero-order chi connectivity index (χ0) is 4.12. The van der Waals surface area contributed by atoms with E-state index in [1.807, 2.05) is 0 Å². The molecule has 1 N–H and O–H groups in total. The van der Waals surface area contributed by atoms with Crippen LogP contribution in [0.25, 0.3) is 0 Å². The zero-order valence-electron chi connectivity index (χ0n) is 3.02. The van der Waals surface area contributed by atoms with Crippen LogP contribution in [0.4, 0.5) is 0 Å². The number of aliphatic imine (C=N–C) groups is 1. The molecule has 0 saturated heterocycles. The molecular weight excluding hydrogens is 66.0 g/mol. The van der Waals surface area contributed by atoms with Crippen LogP contribution < -0.4 is 0 Å². The fourth-order valence-electron chi connectivity index (χ4n) is 0.0707. The Morgan fingerprint density at radius 2 is 2.40 bits per heavy atom. The molecule has 0 radical (unpaired) electrons. The van der Waals surface area contributed by atoms with E-state index in [0.29, 0.717) is 6.54 Å². The van der Waals surface area contributed by atoms with Crippen molar-refractivity contribution < 1.29 is 5.11 Å². The highest BCUT2D eigenvalue weighted by Crippen LogP contribution is 1.55. The summed E-state index contributed by atoms with van der Waals surface area (Å²) in [6.07, 6.45) is 0. The number of aliphatic hydroxyl groups is 1. The molecule has 0 amide bonds. The van der Waals surface area contributed by atoms with E-state index >= 15 is 0 Å². The van der Waals surface area contributed by atoms with Crippen molar-refractivity contribution in [2.24, 2.45) is 4.99 Å². The lowest BCUT2D eigenvalue weighted by atomic mass is 10.7. The van der Waals surface area contributed by atoms with Gasteiger partial charge in [-0.2, -0.15) is 0 Å². The van der Waals surface area contributed by atoms with Crippen molar-refractivity contribution in [1.29, 1.82) is 0 Å². The summed E-state index contributed by atoms with van der Waals surface area (Å²) >= 11 is 0. The maximum atomic E-state index is 7.93. The first-order chi connectivity index (χ1) is 2.41. The molecule has 0 unspecified atom stereocenters. The van der Waals surface area contributed by atoms with Crippen LogP contribution in [0.5, 0.6) is 0 Å². The van der Waals surface area contributed by atoms with Gasteiger partial charge in [0, 0.05) is 0 Å². The molecule has 5 heavy (non-hydrogen) atoms. The third-order valence-electron chi connectivity index (χ3n) is 0.258. The average Bonchev–Trinajstić information content (AvgIpc) is 1.41. The topological polar surface area (TPSA) is 32.6 Å². The number of nitrogens with zero attached hydrogens (tertiary/aromatic N) is 1. The molecule has 0 bridgehead atoms. The Morgan fingerprint density at radius 3 is 2.40 bits per heavy atom. The predicted octanol–water partition coefficient (Wildman–Crippen LogP) is -0.321. The van der Waals surface area contributed by atoms with Gasteiger partial charge in [0.05, 0.1) is 13.2 Å². The molecule has 0 aromatic carbocycles. The van der Waals surface area contributed by atoms with E-state index in [1.165, 1.54) is 0 Å². The van der Waals surface area contributed by atoms with Crippen molar-refractivity contribution in [3.63, 3.8) is 0 Å². The van der Waals surface area contributed by atoms with Crippen molar-refractivity contribution >= 4 is 6.72 Å². The second kappa shape index (κ2) is 3.63. The van der Waals surface area contributed by atoms with Crippen LogP contribution in [-0.2, 0) is 0 Å². The maximum absolute atomic E-state index is 7.93. The van der Waals surface area contributed by atoms with Gasteiger partial charge in [-0.3, -0.25) is 4.99 Å². The number of rotatable bonds is 2. The van der Waals surface area contributed by atoms with Crippen molar-refractivity contribution in [2.45, 2.75) is 0 Å². The molecule has 0 heterocycles. The lowest BCUT2D eigenvalue weighted by molar-refractivity contribution is 0.307. The Labute approximate surface area is 31.2 Å². The molecule has 0 aliphatic carbocycles. The zero-order valence-corrected chi connectivity index (χ0v) is 3.02. The van der Waals surface area contributed by atoms with E-state index in [2.05, 4.69) is 11.7 Å². The van der Waals surface area contributed by atoms with E-state index < -0.39 is 0 Å². The first-order valence-electron chi connectivity index (χ1n) is 1.45. The van der Waals surface area contributed by atoms with Crippen LogP contribution in [0.15, 0.2) is 4.99 Å². The van der Waals surface area contributed by atoms with Gasteiger partial charge in [0.15, 0.2) is 0 Å². The van der Waals surface area contributed by atoms with E-state index in [1.54, 1.807) is 0 Å². The highest BCUT2D eigenvalue weighted by molar-refractivity contribution is 5.22. The van der Waals surface area contributed by atoms with Crippen molar-refractivity contribution in [3.8, 4) is 0 Å². The first kappa shape index (κ1) is 4.63. The lowest BCUT2D eigenvalue weighted by Gasteiger charge is -1.74. The van der Waals surface area contributed by atoms with Gasteiger partial charge in [0.2, 0.25) is 0 Å². The Bertz CT molecular complexity index is 28.1. The van der Waals surface area contributed by atoms with Crippen molar-refractivity contribution in [1.82, 2.24) is 0 Å². The molecule has 0 atom stereocenters. The summed E-state index contributed by atoms with van der Waals surface area (Å²) in [5.74, 6) is 0. The summed E-state index contributed by atoms with van der Waals surface area (Å²) in [4.78, 5) is 3.35. The van der Waals surface area contributed by atoms with Crippen molar-refractivity contribution in [2.75, 3.05) is 13.2 Å². The highest BCUT2D eigenvalue weighted by Gasteiger charge is 1.62. The van der Waals surface area contributed by atoms with E-state index in [4.69, 9.17) is 5.11 Å². The van der Waals surface area contributed by atoms with Crippen LogP contribution in [0, 0.1) is 0 Å². The fraction of sp³-hybridized carbons (Fsp3) is 0.667. The third-order valence-corrected chi connectivity index (χ3v) is 0.258. The van der Waals surface area contributed by atoms with Gasteiger partial charge in [-0.15, -0.1) is 0 Å². The molecule has 0 rings (SSSR count). The molecule has 0 aliphatic heterocycles. The summed E-state index contributed by atoms with van der Waals surface area (Å²) in [7, 11) is 0. The van der Waals surface area contributed by atoms with Crippen LogP contribution in [0.3, 0.4) is 0 Å². The first-order valence-corrected chi connectivity index (χ1v) is 1.45. The molecular formula is C3H7NO. The molecule has 0 saturated carbocycles. The van der Waals surface area contributed by atoms with Gasteiger partial charge in [-0.05, 0) is 6.72 Å². The number of aliphatic hydroxyl groups excluding tert-OH is 1. The number of hydrogen-bond acceptors (Lipinski definition) is 2. The molecule has 2 heteroatoms. The third kappa shape index (κ3) is 3.63. The van der Waals surface area contributed by atoms with Crippen LogP contribution in [0.1, 0.15) is 0 Å². The Morgan fingerprint density at radius 1 is 1.80 bits per heavy atom. The Hall–Kier alpha value is -0.370. The Balaban J connectivity index is 2.40. The average molecular weight is 73.1 g/mol. The second-order valence-corrected chi connectivity index (χ2v) is 0.671. The summed E-state index contributed by atoms with van der Waals surface area (Å²) in [6, 6.07) is 0. The smallest absolute Gasteiger partial charge is 0.0626 e. The molecule has 0 fully saturated rings. The summed E-state index contributed by atoms with van der Waals surface area (Å²) in [5.41, 5.74) is 0. The number of hydrogen-bond donors (Lipinski definition) is 1. The van der Waals surface area contributed by atoms with Gasteiger partial charge < -0.3 is 5.11 Å². The van der Waals surface area contributed by atoms with E-state index in [0.717, 1.165) is 0 Å². The van der Waals surface area contributed by atoms with Gasteiger partial charge in [0.25, 0.3) is 0 Å². The molecule has 0 aromatic heterocycles. The minimum absolute atomic E-state index is 0.115. The van der Waals surface area contributed by atoms with Crippen molar-refractivity contribution in [3.05, 3.63) is 0 Å². The summed E-state index contributed by atoms with van der Waals surface area (Å²) in [5, 5.41) is 7.93. The van der Waals surface area contributed by atoms with E-state index in [9.17, 15) is 0 Å². The monoisotopic (exact) mass is 73.1 g/mol. The predicted molar refractivity (Wildman–Crippen MR) is 21.5 cm³/mol. The molecule has 0 spiro atoms. The molecule has 2 nitrogen and oxygen atoms in total. The summed E-state index contributed by atoms with van der Waals surface area (Å²) < 4.78 is 0. The van der Waals surface area contributed by atoms with Crippen LogP contribution in [-0.4, -0.2) is 25.0 Å². The van der Waals surface area contributed by atoms with Gasteiger partial charge in [-0.1, -0.05) is 0 Å². The van der Waals surface area contributed by atoms with Crippen LogP contribution in [0.2, 0.25) is 0 Å². The van der Waals surface area contributed by atoms with Gasteiger partial charge in [-0.25, -0.2) is 0 Å². The van der Waals surface area contributed by atoms with Gasteiger partial charge >= 0.3 is 0 Å². The normalized spacial score (nSPS) is 7.40. The largest absolute Gasteiger partial charge is 0.394 e.